The highest BCUT2D eigenvalue weighted by atomic mass is 16.2. The van der Waals surface area contributed by atoms with Gasteiger partial charge in [-0.25, -0.2) is 4.98 Å². The highest BCUT2D eigenvalue weighted by molar-refractivity contribution is 5.92. The van der Waals surface area contributed by atoms with Gasteiger partial charge < -0.3 is 9.47 Å². The smallest absolute Gasteiger partial charge is 0.246 e. The fourth-order valence-electron chi connectivity index (χ4n) is 3.33. The Morgan fingerprint density at radius 2 is 1.96 bits per heavy atom. The van der Waals surface area contributed by atoms with Crippen LogP contribution >= 0.6 is 0 Å². The quantitative estimate of drug-likeness (QED) is 0.623. The Bertz CT molecular complexity index is 629. The van der Waals surface area contributed by atoms with Gasteiger partial charge >= 0.3 is 0 Å². The lowest BCUT2D eigenvalue weighted by Gasteiger charge is -2.27. The SMILES string of the molecule is CC(=O)c1cnc2n1CCN(C(=O)/C=C/C(C)N1CCCC1)C2. The Kier molecular flexibility index (Phi) is 4.61. The fourth-order valence-corrected chi connectivity index (χ4v) is 3.33. The number of rotatable bonds is 4. The molecule has 1 saturated heterocycles. The lowest BCUT2D eigenvalue weighted by Crippen LogP contribution is -2.38. The van der Waals surface area contributed by atoms with E-state index in [1.807, 2.05) is 10.6 Å². The Balaban J connectivity index is 1.61. The molecule has 0 bridgehead atoms. The fraction of sp³-hybridized carbons (Fsp3) is 0.588. The van der Waals surface area contributed by atoms with E-state index in [1.165, 1.54) is 12.8 Å². The van der Waals surface area contributed by atoms with Crippen LogP contribution < -0.4 is 0 Å². The topological polar surface area (TPSA) is 58.4 Å². The molecule has 0 radical (unpaired) electrons. The van der Waals surface area contributed by atoms with Crippen molar-refractivity contribution in [2.24, 2.45) is 0 Å². The lowest BCUT2D eigenvalue weighted by atomic mass is 10.2. The van der Waals surface area contributed by atoms with Gasteiger partial charge in [0.1, 0.15) is 11.5 Å². The van der Waals surface area contributed by atoms with E-state index in [4.69, 9.17) is 0 Å². The van der Waals surface area contributed by atoms with E-state index in [-0.39, 0.29) is 11.7 Å². The molecule has 0 aromatic carbocycles. The predicted octanol–water partition coefficient (Wildman–Crippen LogP) is 1.47. The van der Waals surface area contributed by atoms with Crippen molar-refractivity contribution in [1.82, 2.24) is 19.4 Å². The van der Waals surface area contributed by atoms with E-state index < -0.39 is 0 Å². The van der Waals surface area contributed by atoms with Gasteiger partial charge in [0.15, 0.2) is 5.78 Å². The van der Waals surface area contributed by atoms with Gasteiger partial charge in [-0.15, -0.1) is 0 Å². The van der Waals surface area contributed by atoms with Gasteiger partial charge in [-0.05, 0) is 32.9 Å². The minimum Gasteiger partial charge on any atom is -0.330 e. The highest BCUT2D eigenvalue weighted by Gasteiger charge is 2.23. The minimum atomic E-state index is 0.0165. The van der Waals surface area contributed by atoms with Gasteiger partial charge in [0, 0.05) is 32.1 Å². The molecular weight excluding hydrogens is 292 g/mol. The van der Waals surface area contributed by atoms with Crippen LogP contribution in [0.5, 0.6) is 0 Å². The molecule has 1 fully saturated rings. The first kappa shape index (κ1) is 15.9. The van der Waals surface area contributed by atoms with Crippen molar-refractivity contribution in [3.05, 3.63) is 29.9 Å². The summed E-state index contributed by atoms with van der Waals surface area (Å²) >= 11 is 0. The number of fused-ring (bicyclic) bond motifs is 1. The van der Waals surface area contributed by atoms with Crippen LogP contribution in [-0.4, -0.2) is 56.7 Å². The summed E-state index contributed by atoms with van der Waals surface area (Å²) in [5.74, 6) is 0.827. The maximum absolute atomic E-state index is 12.4. The van der Waals surface area contributed by atoms with Crippen LogP contribution in [0.1, 0.15) is 43.0 Å². The first-order valence-electron chi connectivity index (χ1n) is 8.33. The van der Waals surface area contributed by atoms with Crippen LogP contribution in [0, 0.1) is 0 Å². The average molecular weight is 316 g/mol. The normalized spacial score (nSPS) is 20.0. The van der Waals surface area contributed by atoms with Gasteiger partial charge in [0.2, 0.25) is 5.91 Å². The molecular formula is C17H24N4O2. The van der Waals surface area contributed by atoms with Crippen LogP contribution in [0.3, 0.4) is 0 Å². The van der Waals surface area contributed by atoms with Gasteiger partial charge in [0.25, 0.3) is 0 Å². The van der Waals surface area contributed by atoms with E-state index in [9.17, 15) is 9.59 Å². The molecule has 1 aromatic rings. The molecule has 0 saturated carbocycles. The monoisotopic (exact) mass is 316 g/mol. The van der Waals surface area contributed by atoms with Crippen molar-refractivity contribution in [2.45, 2.75) is 45.8 Å². The number of hydrogen-bond donors (Lipinski definition) is 0. The summed E-state index contributed by atoms with van der Waals surface area (Å²) < 4.78 is 1.92. The summed E-state index contributed by atoms with van der Waals surface area (Å²) in [7, 11) is 0. The van der Waals surface area contributed by atoms with Crippen molar-refractivity contribution in [3.63, 3.8) is 0 Å². The molecule has 124 valence electrons. The third-order valence-corrected chi connectivity index (χ3v) is 4.77. The van der Waals surface area contributed by atoms with Crippen LogP contribution in [0.25, 0.3) is 0 Å². The first-order chi connectivity index (χ1) is 11.1. The number of ketones is 1. The van der Waals surface area contributed by atoms with Crippen molar-refractivity contribution >= 4 is 11.7 Å². The maximum atomic E-state index is 12.4. The minimum absolute atomic E-state index is 0.0165. The van der Waals surface area contributed by atoms with E-state index in [2.05, 4.69) is 16.8 Å². The summed E-state index contributed by atoms with van der Waals surface area (Å²) in [5.41, 5.74) is 0.630. The molecule has 23 heavy (non-hydrogen) atoms. The largest absolute Gasteiger partial charge is 0.330 e. The summed E-state index contributed by atoms with van der Waals surface area (Å²) in [5, 5.41) is 0. The summed E-state index contributed by atoms with van der Waals surface area (Å²) in [6, 6.07) is 0.303. The number of aromatic nitrogens is 2. The second kappa shape index (κ2) is 6.66. The third-order valence-electron chi connectivity index (χ3n) is 4.77. The number of amides is 1. The molecule has 0 aliphatic carbocycles. The molecule has 6 nitrogen and oxygen atoms in total. The number of hydrogen-bond acceptors (Lipinski definition) is 4. The van der Waals surface area contributed by atoms with Crippen molar-refractivity contribution < 1.29 is 9.59 Å². The second-order valence-electron chi connectivity index (χ2n) is 6.37. The zero-order valence-corrected chi connectivity index (χ0v) is 13.9. The third kappa shape index (κ3) is 3.37. The summed E-state index contributed by atoms with van der Waals surface area (Å²) in [6.07, 6.45) is 7.79. The Hall–Kier alpha value is -1.95. The Labute approximate surface area is 136 Å². The van der Waals surface area contributed by atoms with Gasteiger partial charge in [-0.1, -0.05) is 6.08 Å². The standard InChI is InChI=1S/C17H24N4O2/c1-13(19-7-3-4-8-19)5-6-17(23)20-9-10-21-15(14(2)22)11-18-16(21)12-20/h5-6,11,13H,3-4,7-10,12H2,1-2H3/b6-5+. The van der Waals surface area contributed by atoms with E-state index in [0.717, 1.165) is 18.9 Å². The number of carbonyl (C=O) groups excluding carboxylic acids is 2. The molecule has 3 heterocycles. The van der Waals surface area contributed by atoms with E-state index >= 15 is 0 Å². The van der Waals surface area contributed by atoms with Crippen molar-refractivity contribution in [2.75, 3.05) is 19.6 Å². The Morgan fingerprint density at radius 1 is 1.22 bits per heavy atom. The van der Waals surface area contributed by atoms with E-state index in [1.54, 1.807) is 24.1 Å². The van der Waals surface area contributed by atoms with Crippen LogP contribution in [0.2, 0.25) is 0 Å². The molecule has 2 aliphatic rings. The van der Waals surface area contributed by atoms with Gasteiger partial charge in [0.05, 0.1) is 12.7 Å². The van der Waals surface area contributed by atoms with Crippen LogP contribution in [-0.2, 0) is 17.9 Å². The molecule has 1 atom stereocenters. The van der Waals surface area contributed by atoms with Crippen molar-refractivity contribution in [1.29, 1.82) is 0 Å². The molecule has 2 aliphatic heterocycles. The first-order valence-corrected chi connectivity index (χ1v) is 8.33. The Morgan fingerprint density at radius 3 is 2.65 bits per heavy atom. The van der Waals surface area contributed by atoms with Crippen LogP contribution in [0.15, 0.2) is 18.3 Å². The van der Waals surface area contributed by atoms with Gasteiger partial charge in [-0.2, -0.15) is 0 Å². The number of imidazole rings is 1. The highest BCUT2D eigenvalue weighted by Crippen LogP contribution is 2.16. The zero-order chi connectivity index (χ0) is 16.4. The molecule has 3 rings (SSSR count). The maximum Gasteiger partial charge on any atom is 0.246 e. The second-order valence-corrected chi connectivity index (χ2v) is 6.37. The molecule has 1 unspecified atom stereocenters. The van der Waals surface area contributed by atoms with Crippen LogP contribution in [0.4, 0.5) is 0 Å². The van der Waals surface area contributed by atoms with Gasteiger partial charge in [-0.3, -0.25) is 14.5 Å². The summed E-state index contributed by atoms with van der Waals surface area (Å²) in [6.45, 7) is 7.63. The zero-order valence-electron chi connectivity index (χ0n) is 13.9. The number of carbonyl (C=O) groups is 2. The van der Waals surface area contributed by atoms with Crippen molar-refractivity contribution in [3.8, 4) is 0 Å². The molecule has 0 spiro atoms. The molecule has 0 N–H and O–H groups in total. The van der Waals surface area contributed by atoms with E-state index in [0.29, 0.717) is 31.4 Å². The predicted molar refractivity (Wildman–Crippen MR) is 87.1 cm³/mol. The summed E-state index contributed by atoms with van der Waals surface area (Å²) in [4.78, 5) is 32.4. The number of Topliss-reactive ketones (excluding diaryl/α,β-unsaturated/α-hetero) is 1. The number of nitrogens with zero attached hydrogens (tertiary/aromatic N) is 4. The lowest BCUT2D eigenvalue weighted by molar-refractivity contribution is -0.127. The molecule has 6 heteroatoms. The average Bonchev–Trinajstić information content (AvgIpc) is 3.20. The number of likely N-dealkylation sites (tertiary alicyclic amines) is 1. The molecule has 1 amide bonds. The molecule has 1 aromatic heterocycles.